The maximum atomic E-state index is 10.6. The lowest BCUT2D eigenvalue weighted by Crippen LogP contribution is -2.49. The first-order valence-electron chi connectivity index (χ1n) is 9.53. The van der Waals surface area contributed by atoms with Crippen molar-refractivity contribution in [1.29, 1.82) is 0 Å². The number of nitrogens with zero attached hydrogens (tertiary/aromatic N) is 4. The summed E-state index contributed by atoms with van der Waals surface area (Å²) < 4.78 is 0. The monoisotopic (exact) mass is 373 g/mol. The van der Waals surface area contributed by atoms with Gasteiger partial charge in [-0.05, 0) is 51.5 Å². The molecule has 2 aliphatic rings. The molecule has 4 rings (SSSR count). The van der Waals surface area contributed by atoms with Gasteiger partial charge < -0.3 is 10.4 Å². The third-order valence-electron chi connectivity index (χ3n) is 5.42. The number of likely N-dealkylation sites (tertiary alicyclic amines) is 1. The molecule has 2 N–H and O–H groups in total. The number of β-amino-alcohol motifs (C(OH)–C–C–N with tert-alkyl or cyclic N) is 1. The molecule has 0 saturated carbocycles. The summed E-state index contributed by atoms with van der Waals surface area (Å²) in [6.07, 6.45) is 5.03. The van der Waals surface area contributed by atoms with Crippen molar-refractivity contribution in [3.05, 3.63) is 33.0 Å². The van der Waals surface area contributed by atoms with Crippen molar-refractivity contribution in [2.24, 2.45) is 0 Å². The first kappa shape index (κ1) is 17.8. The van der Waals surface area contributed by atoms with E-state index in [0.29, 0.717) is 12.5 Å². The largest absolute Gasteiger partial charge is 0.390 e. The smallest absolute Gasteiger partial charge is 0.223 e. The molecular weight excluding hydrogens is 346 g/mol. The SMILES string of the molecule is Cc1nc(CN2CC[C@@H](Nc3nc(C)c4c(n3)CCCC4)[C@H](O)C2)cs1. The molecule has 0 radical (unpaired) electrons. The molecule has 26 heavy (non-hydrogen) atoms. The van der Waals surface area contributed by atoms with Crippen LogP contribution in [0.15, 0.2) is 5.38 Å². The van der Waals surface area contributed by atoms with E-state index in [-0.39, 0.29) is 6.04 Å². The van der Waals surface area contributed by atoms with E-state index in [2.05, 4.69) is 32.5 Å². The van der Waals surface area contributed by atoms with Crippen LogP contribution in [0, 0.1) is 13.8 Å². The second-order valence-corrected chi connectivity index (χ2v) is 8.53. The minimum atomic E-state index is -0.427. The number of aliphatic hydroxyl groups excluding tert-OH is 1. The molecule has 2 aromatic heterocycles. The van der Waals surface area contributed by atoms with Gasteiger partial charge in [-0.2, -0.15) is 0 Å². The first-order valence-corrected chi connectivity index (χ1v) is 10.4. The Morgan fingerprint density at radius 3 is 2.85 bits per heavy atom. The molecule has 0 amide bonds. The topological polar surface area (TPSA) is 74.2 Å². The van der Waals surface area contributed by atoms with Gasteiger partial charge in [0.25, 0.3) is 0 Å². The average molecular weight is 374 g/mol. The predicted molar refractivity (Wildman–Crippen MR) is 104 cm³/mol. The van der Waals surface area contributed by atoms with Gasteiger partial charge in [0.05, 0.1) is 22.8 Å². The van der Waals surface area contributed by atoms with Crippen molar-refractivity contribution in [3.63, 3.8) is 0 Å². The maximum Gasteiger partial charge on any atom is 0.223 e. The number of rotatable bonds is 4. The molecule has 1 aliphatic heterocycles. The number of hydrogen-bond acceptors (Lipinski definition) is 7. The molecule has 2 aromatic rings. The highest BCUT2D eigenvalue weighted by molar-refractivity contribution is 7.09. The molecule has 1 saturated heterocycles. The molecule has 1 aliphatic carbocycles. The van der Waals surface area contributed by atoms with Gasteiger partial charge in [0, 0.05) is 36.4 Å². The summed E-state index contributed by atoms with van der Waals surface area (Å²) in [7, 11) is 0. The van der Waals surface area contributed by atoms with Gasteiger partial charge in [-0.3, -0.25) is 4.90 Å². The summed E-state index contributed by atoms with van der Waals surface area (Å²) in [5.74, 6) is 0.677. The molecule has 1 fully saturated rings. The van der Waals surface area contributed by atoms with E-state index in [0.717, 1.165) is 48.7 Å². The van der Waals surface area contributed by atoms with Crippen LogP contribution in [0.1, 0.15) is 46.9 Å². The lowest BCUT2D eigenvalue weighted by Gasteiger charge is -2.36. The van der Waals surface area contributed by atoms with Crippen LogP contribution in [0.25, 0.3) is 0 Å². The van der Waals surface area contributed by atoms with Crippen molar-refractivity contribution < 1.29 is 5.11 Å². The summed E-state index contributed by atoms with van der Waals surface area (Å²) in [5, 5.41) is 17.2. The van der Waals surface area contributed by atoms with Gasteiger partial charge in [-0.1, -0.05) is 0 Å². The van der Waals surface area contributed by atoms with Crippen molar-refractivity contribution >= 4 is 17.3 Å². The molecule has 140 valence electrons. The van der Waals surface area contributed by atoms with Crippen LogP contribution in [0.3, 0.4) is 0 Å². The highest BCUT2D eigenvalue weighted by atomic mass is 32.1. The molecule has 0 spiro atoms. The van der Waals surface area contributed by atoms with Gasteiger partial charge in [0.15, 0.2) is 0 Å². The summed E-state index contributed by atoms with van der Waals surface area (Å²) in [6, 6.07) is 0.00413. The Bertz CT molecular complexity index is 777. The standard InChI is InChI=1S/C19H27N5OS/c1-12-15-5-3-4-6-16(15)22-19(20-12)23-17-7-8-24(10-18(17)25)9-14-11-26-13(2)21-14/h11,17-18,25H,3-10H2,1-2H3,(H,20,22,23)/t17-,18-/m1/s1. The highest BCUT2D eigenvalue weighted by Crippen LogP contribution is 2.24. The van der Waals surface area contributed by atoms with E-state index in [1.807, 2.05) is 6.92 Å². The molecule has 7 heteroatoms. The number of anilines is 1. The van der Waals surface area contributed by atoms with Crippen LogP contribution in [-0.2, 0) is 19.4 Å². The van der Waals surface area contributed by atoms with Gasteiger partial charge in [-0.15, -0.1) is 11.3 Å². The van der Waals surface area contributed by atoms with E-state index in [4.69, 9.17) is 4.98 Å². The molecule has 3 heterocycles. The summed E-state index contributed by atoms with van der Waals surface area (Å²) in [5.41, 5.74) is 4.70. The van der Waals surface area contributed by atoms with Crippen molar-refractivity contribution in [1.82, 2.24) is 19.9 Å². The molecule has 2 atom stereocenters. The zero-order valence-corrected chi connectivity index (χ0v) is 16.3. The van der Waals surface area contributed by atoms with Gasteiger partial charge in [-0.25, -0.2) is 15.0 Å². The van der Waals surface area contributed by atoms with Crippen molar-refractivity contribution in [3.8, 4) is 0 Å². The van der Waals surface area contributed by atoms with Crippen LogP contribution < -0.4 is 5.32 Å². The minimum Gasteiger partial charge on any atom is -0.390 e. The Morgan fingerprint density at radius 2 is 2.08 bits per heavy atom. The van der Waals surface area contributed by atoms with Gasteiger partial charge in [0.1, 0.15) is 0 Å². The summed E-state index contributed by atoms with van der Waals surface area (Å²) in [4.78, 5) is 16.2. The zero-order valence-electron chi connectivity index (χ0n) is 15.5. The van der Waals surface area contributed by atoms with E-state index in [1.165, 1.54) is 24.1 Å². The lowest BCUT2D eigenvalue weighted by molar-refractivity contribution is 0.0554. The molecule has 0 bridgehead atoms. The Balaban J connectivity index is 1.38. The van der Waals surface area contributed by atoms with E-state index in [9.17, 15) is 5.11 Å². The third-order valence-corrected chi connectivity index (χ3v) is 6.24. The molecule has 0 unspecified atom stereocenters. The minimum absolute atomic E-state index is 0.00413. The van der Waals surface area contributed by atoms with Crippen LogP contribution in [0.4, 0.5) is 5.95 Å². The lowest BCUT2D eigenvalue weighted by atomic mass is 9.95. The number of piperidine rings is 1. The van der Waals surface area contributed by atoms with Crippen LogP contribution in [-0.4, -0.2) is 50.2 Å². The number of thiazole rings is 1. The Morgan fingerprint density at radius 1 is 1.23 bits per heavy atom. The quantitative estimate of drug-likeness (QED) is 0.858. The van der Waals surface area contributed by atoms with Crippen molar-refractivity contribution in [2.45, 2.75) is 64.6 Å². The second kappa shape index (κ2) is 7.58. The van der Waals surface area contributed by atoms with E-state index in [1.54, 1.807) is 11.3 Å². The number of fused-ring (bicyclic) bond motifs is 1. The second-order valence-electron chi connectivity index (χ2n) is 7.46. The fourth-order valence-corrected chi connectivity index (χ4v) is 4.63. The number of aryl methyl sites for hydroxylation is 3. The van der Waals surface area contributed by atoms with Crippen LogP contribution >= 0.6 is 11.3 Å². The normalized spacial score (nSPS) is 23.7. The number of aromatic nitrogens is 3. The van der Waals surface area contributed by atoms with Gasteiger partial charge in [0.2, 0.25) is 5.95 Å². The van der Waals surface area contributed by atoms with E-state index < -0.39 is 6.10 Å². The Hall–Kier alpha value is -1.57. The fraction of sp³-hybridized carbons (Fsp3) is 0.632. The van der Waals surface area contributed by atoms with Gasteiger partial charge >= 0.3 is 0 Å². The summed E-state index contributed by atoms with van der Waals surface area (Å²) in [6.45, 7) is 6.50. The third kappa shape index (κ3) is 3.89. The Labute approximate surface area is 158 Å². The zero-order chi connectivity index (χ0) is 18.1. The maximum absolute atomic E-state index is 10.6. The molecule has 6 nitrogen and oxygen atoms in total. The summed E-state index contributed by atoms with van der Waals surface area (Å²) >= 11 is 1.68. The van der Waals surface area contributed by atoms with Crippen LogP contribution in [0.5, 0.6) is 0 Å². The predicted octanol–water partition coefficient (Wildman–Crippen LogP) is 2.48. The molecular formula is C19H27N5OS. The molecule has 0 aromatic carbocycles. The van der Waals surface area contributed by atoms with E-state index >= 15 is 0 Å². The highest BCUT2D eigenvalue weighted by Gasteiger charge is 2.29. The van der Waals surface area contributed by atoms with Crippen LogP contribution in [0.2, 0.25) is 0 Å². The number of nitrogens with one attached hydrogen (secondary N) is 1. The average Bonchev–Trinajstić information content (AvgIpc) is 3.02. The first-order chi connectivity index (χ1) is 12.6. The number of aliphatic hydroxyl groups is 1. The number of hydrogen-bond donors (Lipinski definition) is 2. The van der Waals surface area contributed by atoms with Crippen molar-refractivity contribution in [2.75, 3.05) is 18.4 Å². The Kier molecular flexibility index (Phi) is 5.20. The fourth-order valence-electron chi connectivity index (χ4n) is 4.03.